The topological polar surface area (TPSA) is 41.9 Å². The lowest BCUT2D eigenvalue weighted by Gasteiger charge is -2.22. The predicted molar refractivity (Wildman–Crippen MR) is 81.1 cm³/mol. The average molecular weight is 370 g/mol. The molecule has 0 spiro atoms. The molecule has 0 saturated carbocycles. The van der Waals surface area contributed by atoms with Gasteiger partial charge < -0.3 is 9.64 Å². The Bertz CT molecular complexity index is 512. The summed E-state index contributed by atoms with van der Waals surface area (Å²) in [6.07, 6.45) is 3.33. The van der Waals surface area contributed by atoms with E-state index in [0.29, 0.717) is 0 Å². The van der Waals surface area contributed by atoms with E-state index in [4.69, 9.17) is 4.74 Å². The summed E-state index contributed by atoms with van der Waals surface area (Å²) in [5.41, 5.74) is 1.02. The molecule has 0 aromatic heterocycles. The number of hydrogen-bond acceptors (Lipinski definition) is 3. The zero-order valence-corrected chi connectivity index (χ0v) is 12.6. The summed E-state index contributed by atoms with van der Waals surface area (Å²) in [5.74, 6) is 0.0927. The highest BCUT2D eigenvalue weighted by molar-refractivity contribution is 14.1. The maximum absolute atomic E-state index is 12.4. The number of aliphatic imine (C=N–C) groups is 1. The van der Waals surface area contributed by atoms with Gasteiger partial charge in [-0.05, 0) is 53.1 Å². The molecular weight excluding hydrogens is 355 g/mol. The zero-order chi connectivity index (χ0) is 13.2. The van der Waals surface area contributed by atoms with Crippen molar-refractivity contribution in [3.8, 4) is 0 Å². The van der Waals surface area contributed by atoms with Crippen LogP contribution in [-0.4, -0.2) is 36.3 Å². The van der Waals surface area contributed by atoms with Crippen LogP contribution in [0.25, 0.3) is 0 Å². The molecule has 1 fully saturated rings. The molecule has 0 unspecified atom stereocenters. The van der Waals surface area contributed by atoms with Crippen LogP contribution in [0.3, 0.4) is 0 Å². The van der Waals surface area contributed by atoms with E-state index < -0.39 is 6.04 Å². The van der Waals surface area contributed by atoms with Crippen LogP contribution in [0.5, 0.6) is 0 Å². The van der Waals surface area contributed by atoms with Gasteiger partial charge in [0.2, 0.25) is 0 Å². The minimum absolute atomic E-state index is 0.0927. The summed E-state index contributed by atoms with van der Waals surface area (Å²) in [4.78, 5) is 18.6. The molecule has 1 saturated heterocycles. The van der Waals surface area contributed by atoms with Gasteiger partial charge in [-0.2, -0.15) is 0 Å². The smallest absolute Gasteiger partial charge is 0.251 e. The second-order valence-electron chi connectivity index (χ2n) is 4.84. The fourth-order valence-corrected chi connectivity index (χ4v) is 3.15. The first-order valence-electron chi connectivity index (χ1n) is 6.47. The van der Waals surface area contributed by atoms with E-state index in [-0.39, 0.29) is 12.0 Å². The molecular formula is C14H15IN2O2. The van der Waals surface area contributed by atoms with Gasteiger partial charge in [0.25, 0.3) is 5.91 Å². The highest BCUT2D eigenvalue weighted by atomic mass is 127. The van der Waals surface area contributed by atoms with Crippen molar-refractivity contribution in [3.05, 3.63) is 33.4 Å². The molecule has 0 N–H and O–H groups in total. The van der Waals surface area contributed by atoms with Gasteiger partial charge in [-0.15, -0.1) is 0 Å². The molecule has 0 bridgehead atoms. The number of carbonyl (C=O) groups is 1. The second kappa shape index (κ2) is 5.48. The van der Waals surface area contributed by atoms with Crippen LogP contribution >= 0.6 is 22.6 Å². The van der Waals surface area contributed by atoms with Gasteiger partial charge in [-0.3, -0.25) is 4.79 Å². The normalized spacial score (nSPS) is 25.6. The van der Waals surface area contributed by atoms with Gasteiger partial charge in [0.05, 0.1) is 0 Å². The van der Waals surface area contributed by atoms with Crippen molar-refractivity contribution in [1.82, 2.24) is 4.90 Å². The van der Waals surface area contributed by atoms with Crippen LogP contribution in [0.2, 0.25) is 0 Å². The first kappa shape index (κ1) is 12.9. The number of ether oxygens (including phenoxy) is 1. The number of nitrogens with zero attached hydrogens (tertiary/aromatic N) is 2. The van der Waals surface area contributed by atoms with E-state index in [0.717, 1.165) is 35.1 Å². The van der Waals surface area contributed by atoms with E-state index in [2.05, 4.69) is 27.6 Å². The van der Waals surface area contributed by atoms with Gasteiger partial charge in [0.15, 0.2) is 18.5 Å². The number of amides is 1. The SMILES string of the molecule is O=C([C@@H]1N=CO[C@H]1c1cccc(I)c1)N1CCCC1. The van der Waals surface area contributed by atoms with E-state index >= 15 is 0 Å². The van der Waals surface area contributed by atoms with Crippen molar-refractivity contribution in [1.29, 1.82) is 0 Å². The summed E-state index contributed by atoms with van der Waals surface area (Å²) in [6, 6.07) is 7.62. The molecule has 1 amide bonds. The van der Waals surface area contributed by atoms with Gasteiger partial charge in [-0.1, -0.05) is 12.1 Å². The second-order valence-corrected chi connectivity index (χ2v) is 6.09. The fraction of sp³-hybridized carbons (Fsp3) is 0.429. The molecule has 0 aliphatic carbocycles. The summed E-state index contributed by atoms with van der Waals surface area (Å²) in [6.45, 7) is 1.70. The van der Waals surface area contributed by atoms with Crippen molar-refractivity contribution >= 4 is 34.9 Å². The Morgan fingerprint density at radius 1 is 1.37 bits per heavy atom. The molecule has 100 valence electrons. The summed E-state index contributed by atoms with van der Waals surface area (Å²) < 4.78 is 6.68. The Morgan fingerprint density at radius 3 is 2.89 bits per heavy atom. The van der Waals surface area contributed by atoms with Crippen LogP contribution in [0.15, 0.2) is 29.3 Å². The van der Waals surface area contributed by atoms with E-state index in [9.17, 15) is 4.79 Å². The molecule has 4 nitrogen and oxygen atoms in total. The molecule has 2 aliphatic heterocycles. The van der Waals surface area contributed by atoms with E-state index in [1.165, 1.54) is 6.40 Å². The molecule has 2 heterocycles. The minimum atomic E-state index is -0.420. The number of hydrogen-bond donors (Lipinski definition) is 0. The van der Waals surface area contributed by atoms with Crippen molar-refractivity contribution < 1.29 is 9.53 Å². The van der Waals surface area contributed by atoms with Crippen molar-refractivity contribution in [2.75, 3.05) is 13.1 Å². The first-order chi connectivity index (χ1) is 9.25. The zero-order valence-electron chi connectivity index (χ0n) is 10.5. The predicted octanol–water partition coefficient (Wildman–Crippen LogP) is 2.38. The lowest BCUT2D eigenvalue weighted by Crippen LogP contribution is -2.38. The Balaban J connectivity index is 1.80. The van der Waals surface area contributed by atoms with Gasteiger partial charge in [0, 0.05) is 16.7 Å². The number of rotatable bonds is 2. The lowest BCUT2D eigenvalue weighted by molar-refractivity contribution is -0.133. The Hall–Kier alpha value is -1.11. The molecule has 1 aromatic rings. The lowest BCUT2D eigenvalue weighted by atomic mass is 10.0. The number of benzene rings is 1. The standard InChI is InChI=1S/C14H15IN2O2/c15-11-5-3-4-10(8-11)13-12(16-9-19-13)14(18)17-6-1-2-7-17/h3-5,8-9,12-13H,1-2,6-7H2/t12-,13+/m1/s1. The van der Waals surface area contributed by atoms with Crippen LogP contribution in [-0.2, 0) is 9.53 Å². The van der Waals surface area contributed by atoms with Crippen molar-refractivity contribution in [2.24, 2.45) is 4.99 Å². The third kappa shape index (κ3) is 2.61. The van der Waals surface area contributed by atoms with Crippen LogP contribution < -0.4 is 0 Å². The third-order valence-electron chi connectivity index (χ3n) is 3.56. The monoisotopic (exact) mass is 370 g/mol. The van der Waals surface area contributed by atoms with Crippen molar-refractivity contribution in [2.45, 2.75) is 25.0 Å². The fourth-order valence-electron chi connectivity index (χ4n) is 2.58. The summed E-state index contributed by atoms with van der Waals surface area (Å²) in [7, 11) is 0. The van der Waals surface area contributed by atoms with E-state index in [1.54, 1.807) is 0 Å². The molecule has 5 heteroatoms. The van der Waals surface area contributed by atoms with Gasteiger partial charge >= 0.3 is 0 Å². The van der Waals surface area contributed by atoms with E-state index in [1.807, 2.05) is 29.2 Å². The molecule has 3 rings (SSSR count). The number of carbonyl (C=O) groups excluding carboxylic acids is 1. The van der Waals surface area contributed by atoms with Crippen molar-refractivity contribution in [3.63, 3.8) is 0 Å². The van der Waals surface area contributed by atoms with Crippen LogP contribution in [0, 0.1) is 3.57 Å². The Labute approximate surface area is 126 Å². The molecule has 2 aliphatic rings. The highest BCUT2D eigenvalue weighted by Crippen LogP contribution is 2.29. The minimum Gasteiger partial charge on any atom is -0.473 e. The third-order valence-corrected chi connectivity index (χ3v) is 4.23. The average Bonchev–Trinajstić information content (AvgIpc) is 3.09. The largest absolute Gasteiger partial charge is 0.473 e. The molecule has 19 heavy (non-hydrogen) atoms. The number of halogens is 1. The molecule has 2 atom stereocenters. The van der Waals surface area contributed by atoms with Gasteiger partial charge in [-0.25, -0.2) is 4.99 Å². The maximum atomic E-state index is 12.4. The Kier molecular flexibility index (Phi) is 3.72. The van der Waals surface area contributed by atoms with Crippen LogP contribution in [0.1, 0.15) is 24.5 Å². The summed E-state index contributed by atoms with van der Waals surface area (Å²) >= 11 is 2.26. The first-order valence-corrected chi connectivity index (χ1v) is 7.55. The van der Waals surface area contributed by atoms with Gasteiger partial charge in [0.1, 0.15) is 0 Å². The highest BCUT2D eigenvalue weighted by Gasteiger charge is 2.37. The molecule has 0 radical (unpaired) electrons. The van der Waals surface area contributed by atoms with Crippen LogP contribution in [0.4, 0.5) is 0 Å². The Morgan fingerprint density at radius 2 is 2.16 bits per heavy atom. The molecule has 1 aromatic carbocycles. The maximum Gasteiger partial charge on any atom is 0.251 e. The summed E-state index contributed by atoms with van der Waals surface area (Å²) in [5, 5.41) is 0. The number of likely N-dealkylation sites (tertiary alicyclic amines) is 1. The quantitative estimate of drug-likeness (QED) is 0.751.